The maximum absolute atomic E-state index is 13.1. The first-order valence-corrected chi connectivity index (χ1v) is 11.5. The third-order valence-corrected chi connectivity index (χ3v) is 6.08. The summed E-state index contributed by atoms with van der Waals surface area (Å²) in [7, 11) is 0. The molecule has 0 unspecified atom stereocenters. The summed E-state index contributed by atoms with van der Waals surface area (Å²) in [5.41, 5.74) is 1.17. The van der Waals surface area contributed by atoms with E-state index in [2.05, 4.69) is 10.6 Å². The number of carbonyl (C=O) groups is 4. The second-order valence-corrected chi connectivity index (χ2v) is 8.44. The standard InChI is InChI=1S/C25H24ClN3O5/c1-2-34-25(33)16-8-6-12-19(14-16)29-23(31)20(26)21(24(29)32)27-18-11-5-7-15(13-18)22(30)28-17-9-3-4-10-17/h5-8,11-14,17,27H,2-4,9-10H2,1H3,(H,28,30). The highest BCUT2D eigenvalue weighted by molar-refractivity contribution is 6.53. The topological polar surface area (TPSA) is 105 Å². The fraction of sp³-hybridized carbons (Fsp3) is 0.280. The Morgan fingerprint density at radius 2 is 1.74 bits per heavy atom. The van der Waals surface area contributed by atoms with E-state index < -0.39 is 17.8 Å². The number of hydrogen-bond donors (Lipinski definition) is 2. The summed E-state index contributed by atoms with van der Waals surface area (Å²) in [5.74, 6) is -2.14. The Balaban J connectivity index is 1.52. The average Bonchev–Trinajstić information content (AvgIpc) is 3.42. The summed E-state index contributed by atoms with van der Waals surface area (Å²) >= 11 is 6.22. The summed E-state index contributed by atoms with van der Waals surface area (Å²) in [4.78, 5) is 51.4. The highest BCUT2D eigenvalue weighted by atomic mass is 35.5. The lowest BCUT2D eigenvalue weighted by Crippen LogP contribution is -2.33. The molecular formula is C25H24ClN3O5. The fourth-order valence-corrected chi connectivity index (χ4v) is 4.27. The van der Waals surface area contributed by atoms with Crippen LogP contribution < -0.4 is 15.5 Å². The Hall–Kier alpha value is -3.65. The first-order chi connectivity index (χ1) is 16.4. The molecular weight excluding hydrogens is 458 g/mol. The number of halogens is 1. The van der Waals surface area contributed by atoms with Crippen LogP contribution in [0.25, 0.3) is 0 Å². The quantitative estimate of drug-likeness (QED) is 0.458. The van der Waals surface area contributed by atoms with Crippen LogP contribution >= 0.6 is 11.6 Å². The van der Waals surface area contributed by atoms with Crippen molar-refractivity contribution in [1.29, 1.82) is 0 Å². The molecule has 4 rings (SSSR count). The molecule has 9 heteroatoms. The number of imide groups is 1. The molecule has 0 aromatic heterocycles. The molecule has 1 aliphatic heterocycles. The molecule has 1 heterocycles. The second kappa shape index (κ2) is 10.1. The number of rotatable bonds is 7. The van der Waals surface area contributed by atoms with Crippen molar-refractivity contribution in [3.63, 3.8) is 0 Å². The molecule has 3 amide bonds. The number of ether oxygens (including phenoxy) is 1. The van der Waals surface area contributed by atoms with Crippen LogP contribution in [0.15, 0.2) is 59.3 Å². The number of nitrogens with zero attached hydrogens (tertiary/aromatic N) is 1. The number of anilines is 2. The van der Waals surface area contributed by atoms with E-state index in [1.54, 1.807) is 37.3 Å². The van der Waals surface area contributed by atoms with Crippen molar-refractivity contribution in [1.82, 2.24) is 5.32 Å². The average molecular weight is 482 g/mol. The van der Waals surface area contributed by atoms with E-state index in [0.717, 1.165) is 30.6 Å². The lowest BCUT2D eigenvalue weighted by atomic mass is 10.1. The van der Waals surface area contributed by atoms with Crippen molar-refractivity contribution < 1.29 is 23.9 Å². The minimum atomic E-state index is -0.717. The van der Waals surface area contributed by atoms with Gasteiger partial charge in [-0.15, -0.1) is 0 Å². The molecule has 1 fully saturated rings. The van der Waals surface area contributed by atoms with Gasteiger partial charge in [0.15, 0.2) is 0 Å². The Morgan fingerprint density at radius 1 is 1.03 bits per heavy atom. The summed E-state index contributed by atoms with van der Waals surface area (Å²) < 4.78 is 4.98. The molecule has 34 heavy (non-hydrogen) atoms. The Labute approximate surface area is 201 Å². The lowest BCUT2D eigenvalue weighted by Gasteiger charge is -2.16. The number of hydrogen-bond acceptors (Lipinski definition) is 6. The molecule has 8 nitrogen and oxygen atoms in total. The number of carbonyl (C=O) groups excluding carboxylic acids is 4. The lowest BCUT2D eigenvalue weighted by molar-refractivity contribution is -0.120. The maximum atomic E-state index is 13.1. The molecule has 1 saturated carbocycles. The number of nitrogens with one attached hydrogen (secondary N) is 2. The van der Waals surface area contributed by atoms with Crippen molar-refractivity contribution in [2.75, 3.05) is 16.8 Å². The minimum absolute atomic E-state index is 0.110. The smallest absolute Gasteiger partial charge is 0.338 e. The molecule has 0 radical (unpaired) electrons. The monoisotopic (exact) mass is 481 g/mol. The second-order valence-electron chi connectivity index (χ2n) is 8.07. The zero-order valence-corrected chi connectivity index (χ0v) is 19.4. The number of amides is 3. The predicted octanol–water partition coefficient (Wildman–Crippen LogP) is 3.97. The van der Waals surface area contributed by atoms with E-state index in [1.807, 2.05) is 0 Å². The van der Waals surface area contributed by atoms with E-state index in [1.165, 1.54) is 18.2 Å². The zero-order chi connectivity index (χ0) is 24.2. The van der Waals surface area contributed by atoms with Gasteiger partial charge in [-0.2, -0.15) is 0 Å². The van der Waals surface area contributed by atoms with E-state index in [0.29, 0.717) is 11.3 Å². The van der Waals surface area contributed by atoms with Gasteiger partial charge >= 0.3 is 5.97 Å². The molecule has 2 aromatic carbocycles. The summed E-state index contributed by atoms with van der Waals surface area (Å²) in [6, 6.07) is 12.8. The Morgan fingerprint density at radius 3 is 2.47 bits per heavy atom. The molecule has 1 aliphatic carbocycles. The highest BCUT2D eigenvalue weighted by Crippen LogP contribution is 2.31. The first kappa shape index (κ1) is 23.5. The van der Waals surface area contributed by atoms with Crippen molar-refractivity contribution in [3.8, 4) is 0 Å². The van der Waals surface area contributed by atoms with E-state index in [4.69, 9.17) is 16.3 Å². The highest BCUT2D eigenvalue weighted by Gasteiger charge is 2.39. The minimum Gasteiger partial charge on any atom is -0.462 e. The Kier molecular flexibility index (Phi) is 6.98. The molecule has 0 atom stereocenters. The summed E-state index contributed by atoms with van der Waals surface area (Å²) in [5, 5.41) is 5.62. The van der Waals surface area contributed by atoms with Gasteiger partial charge in [-0.05, 0) is 56.2 Å². The predicted molar refractivity (Wildman–Crippen MR) is 128 cm³/mol. The largest absolute Gasteiger partial charge is 0.462 e. The third-order valence-electron chi connectivity index (χ3n) is 5.73. The Bertz CT molecular complexity index is 1190. The first-order valence-electron chi connectivity index (χ1n) is 11.1. The fourth-order valence-electron chi connectivity index (χ4n) is 4.05. The van der Waals surface area contributed by atoms with Crippen LogP contribution in [0.4, 0.5) is 11.4 Å². The van der Waals surface area contributed by atoms with Gasteiger partial charge in [0.25, 0.3) is 17.7 Å². The van der Waals surface area contributed by atoms with Gasteiger partial charge < -0.3 is 15.4 Å². The number of benzene rings is 2. The normalized spacial score (nSPS) is 16.2. The summed E-state index contributed by atoms with van der Waals surface area (Å²) in [6.07, 6.45) is 4.15. The van der Waals surface area contributed by atoms with E-state index in [9.17, 15) is 19.2 Å². The molecule has 0 spiro atoms. The van der Waals surface area contributed by atoms with Gasteiger partial charge in [0.1, 0.15) is 10.7 Å². The van der Waals surface area contributed by atoms with Gasteiger partial charge in [-0.25, -0.2) is 9.69 Å². The summed E-state index contributed by atoms with van der Waals surface area (Å²) in [6.45, 7) is 1.88. The third kappa shape index (κ3) is 4.82. The SMILES string of the molecule is CCOC(=O)c1cccc(N2C(=O)C(Cl)=C(Nc3cccc(C(=O)NC4CCCC4)c3)C2=O)c1. The number of esters is 1. The molecule has 2 N–H and O–H groups in total. The van der Waals surface area contributed by atoms with Crippen molar-refractivity contribution in [2.45, 2.75) is 38.6 Å². The van der Waals surface area contributed by atoms with Crippen molar-refractivity contribution in [2.24, 2.45) is 0 Å². The van der Waals surface area contributed by atoms with Gasteiger partial charge in [-0.3, -0.25) is 14.4 Å². The van der Waals surface area contributed by atoms with Gasteiger partial charge in [-0.1, -0.05) is 36.6 Å². The van der Waals surface area contributed by atoms with Crippen LogP contribution in [0.3, 0.4) is 0 Å². The van der Waals surface area contributed by atoms with Crippen molar-refractivity contribution >= 4 is 46.7 Å². The van der Waals surface area contributed by atoms with E-state index in [-0.39, 0.29) is 40.5 Å². The van der Waals surface area contributed by atoms with Crippen LogP contribution in [0.2, 0.25) is 0 Å². The van der Waals surface area contributed by atoms with Gasteiger partial charge in [0.2, 0.25) is 0 Å². The van der Waals surface area contributed by atoms with Crippen LogP contribution in [0.5, 0.6) is 0 Å². The molecule has 2 aromatic rings. The molecule has 176 valence electrons. The maximum Gasteiger partial charge on any atom is 0.338 e. The van der Waals surface area contributed by atoms with Crippen LogP contribution in [0.1, 0.15) is 53.3 Å². The molecule has 2 aliphatic rings. The molecule has 0 bridgehead atoms. The van der Waals surface area contributed by atoms with Gasteiger partial charge in [0, 0.05) is 17.3 Å². The van der Waals surface area contributed by atoms with Crippen LogP contribution in [-0.4, -0.2) is 36.3 Å². The molecule has 0 saturated heterocycles. The van der Waals surface area contributed by atoms with Gasteiger partial charge in [0.05, 0.1) is 17.9 Å². The van der Waals surface area contributed by atoms with Crippen molar-refractivity contribution in [3.05, 3.63) is 70.4 Å². The zero-order valence-electron chi connectivity index (χ0n) is 18.6. The van der Waals surface area contributed by atoms with Crippen LogP contribution in [-0.2, 0) is 14.3 Å². The van der Waals surface area contributed by atoms with E-state index >= 15 is 0 Å². The van der Waals surface area contributed by atoms with Crippen LogP contribution in [0, 0.1) is 0 Å².